The monoisotopic (exact) mass is 285 g/mol. The highest BCUT2D eigenvalue weighted by Gasteiger charge is 2.16. The van der Waals surface area contributed by atoms with E-state index in [9.17, 15) is 8.42 Å². The summed E-state index contributed by atoms with van der Waals surface area (Å²) in [6.45, 7) is 0.299. The van der Waals surface area contributed by atoms with E-state index in [1.165, 1.54) is 6.07 Å². The van der Waals surface area contributed by atoms with Crippen LogP contribution in [0.2, 0.25) is 5.02 Å². The van der Waals surface area contributed by atoms with E-state index in [-0.39, 0.29) is 9.92 Å². The fourth-order valence-electron chi connectivity index (χ4n) is 1.51. The van der Waals surface area contributed by atoms with Crippen LogP contribution in [0.1, 0.15) is 5.56 Å². The lowest BCUT2D eigenvalue weighted by Crippen LogP contribution is -2.26. The van der Waals surface area contributed by atoms with E-state index in [2.05, 4.69) is 4.72 Å². The molecule has 6 heteroatoms. The van der Waals surface area contributed by atoms with Crippen LogP contribution in [-0.4, -0.2) is 15.0 Å². The quantitative estimate of drug-likeness (QED) is 0.918. The minimum atomic E-state index is -3.56. The second-order valence-corrected chi connectivity index (χ2v) is 5.85. The van der Waals surface area contributed by atoms with Crippen LogP contribution >= 0.6 is 11.6 Å². The molecule has 1 N–H and O–H groups in total. The van der Waals surface area contributed by atoms with Crippen molar-refractivity contribution in [3.63, 3.8) is 0 Å². The van der Waals surface area contributed by atoms with Crippen molar-refractivity contribution < 1.29 is 12.8 Å². The molecule has 0 spiro atoms. The maximum absolute atomic E-state index is 12.0. The molecule has 0 unspecified atom stereocenters. The van der Waals surface area contributed by atoms with Gasteiger partial charge in [0.1, 0.15) is 4.90 Å². The highest BCUT2D eigenvalue weighted by Crippen LogP contribution is 2.19. The predicted octanol–water partition coefficient (Wildman–Crippen LogP) is 2.45. The highest BCUT2D eigenvalue weighted by atomic mass is 35.5. The lowest BCUT2D eigenvalue weighted by molar-refractivity contribution is 0.562. The number of nitrogens with one attached hydrogen (secondary N) is 1. The molecule has 96 valence electrons. The van der Waals surface area contributed by atoms with Crippen LogP contribution in [0.5, 0.6) is 0 Å². The Hall–Kier alpha value is -1.30. The fraction of sp³-hybridized carbons (Fsp3) is 0.167. The van der Waals surface area contributed by atoms with Crippen LogP contribution in [0.25, 0.3) is 0 Å². The van der Waals surface area contributed by atoms with Crippen molar-refractivity contribution in [1.29, 1.82) is 0 Å². The van der Waals surface area contributed by atoms with Gasteiger partial charge in [0.2, 0.25) is 10.0 Å². The van der Waals surface area contributed by atoms with E-state index in [1.807, 2.05) is 0 Å². The van der Waals surface area contributed by atoms with Gasteiger partial charge >= 0.3 is 0 Å². The minimum absolute atomic E-state index is 0.0962. The highest BCUT2D eigenvalue weighted by molar-refractivity contribution is 7.89. The molecule has 1 aromatic heterocycles. The maximum atomic E-state index is 12.0. The first-order valence-electron chi connectivity index (χ1n) is 5.35. The lowest BCUT2D eigenvalue weighted by atomic mass is 10.2. The summed E-state index contributed by atoms with van der Waals surface area (Å²) >= 11 is 5.85. The van der Waals surface area contributed by atoms with Crippen molar-refractivity contribution in [1.82, 2.24) is 4.72 Å². The zero-order valence-electron chi connectivity index (χ0n) is 9.47. The van der Waals surface area contributed by atoms with Gasteiger partial charge < -0.3 is 4.42 Å². The summed E-state index contributed by atoms with van der Waals surface area (Å²) in [5.74, 6) is 0. The number of rotatable bonds is 5. The molecule has 4 nitrogen and oxygen atoms in total. The summed E-state index contributed by atoms with van der Waals surface area (Å²) in [5, 5.41) is 0.216. The molecule has 0 radical (unpaired) electrons. The summed E-state index contributed by atoms with van der Waals surface area (Å²) in [7, 11) is -3.56. The van der Waals surface area contributed by atoms with Gasteiger partial charge in [0.25, 0.3) is 0 Å². The minimum Gasteiger partial charge on any atom is -0.472 e. The molecular formula is C12H12ClNO3S. The van der Waals surface area contributed by atoms with Crippen LogP contribution in [-0.2, 0) is 16.4 Å². The van der Waals surface area contributed by atoms with Crippen LogP contribution in [0.3, 0.4) is 0 Å². The Bertz CT molecular complexity index is 608. The molecule has 0 amide bonds. The largest absolute Gasteiger partial charge is 0.472 e. The van der Waals surface area contributed by atoms with Crippen molar-refractivity contribution in [3.8, 4) is 0 Å². The van der Waals surface area contributed by atoms with E-state index >= 15 is 0 Å². The van der Waals surface area contributed by atoms with Crippen LogP contribution in [0.15, 0.2) is 52.2 Å². The summed E-state index contributed by atoms with van der Waals surface area (Å²) in [5.41, 5.74) is 0.942. The molecule has 0 aliphatic carbocycles. The average molecular weight is 286 g/mol. The third-order valence-electron chi connectivity index (χ3n) is 2.41. The fourth-order valence-corrected chi connectivity index (χ4v) is 3.05. The van der Waals surface area contributed by atoms with E-state index in [0.717, 1.165) is 5.56 Å². The number of sulfonamides is 1. The van der Waals surface area contributed by atoms with Crippen molar-refractivity contribution in [3.05, 3.63) is 53.4 Å². The Morgan fingerprint density at radius 3 is 2.67 bits per heavy atom. The topological polar surface area (TPSA) is 59.3 Å². The van der Waals surface area contributed by atoms with Gasteiger partial charge in [-0.1, -0.05) is 23.7 Å². The molecule has 18 heavy (non-hydrogen) atoms. The van der Waals surface area contributed by atoms with E-state index in [0.29, 0.717) is 13.0 Å². The summed E-state index contributed by atoms with van der Waals surface area (Å²) in [4.78, 5) is 0.0962. The molecule has 0 bridgehead atoms. The van der Waals surface area contributed by atoms with Crippen LogP contribution < -0.4 is 4.72 Å². The summed E-state index contributed by atoms with van der Waals surface area (Å²) < 4.78 is 31.3. The number of benzene rings is 1. The van der Waals surface area contributed by atoms with E-state index < -0.39 is 10.0 Å². The molecule has 0 fully saturated rings. The molecule has 0 atom stereocenters. The van der Waals surface area contributed by atoms with Gasteiger partial charge in [-0.15, -0.1) is 0 Å². The lowest BCUT2D eigenvalue weighted by Gasteiger charge is -2.07. The molecule has 1 heterocycles. The zero-order valence-corrected chi connectivity index (χ0v) is 11.0. The Morgan fingerprint density at radius 2 is 2.00 bits per heavy atom. The second-order valence-electron chi connectivity index (χ2n) is 3.71. The first kappa shape index (κ1) is 13.1. The molecule has 0 aliphatic rings. The van der Waals surface area contributed by atoms with Gasteiger partial charge in [-0.25, -0.2) is 13.1 Å². The third-order valence-corrected chi connectivity index (χ3v) is 4.37. The standard InChI is InChI=1S/C12H12ClNO3S/c13-11-3-1-2-4-12(11)18(15,16)14-7-5-10-6-8-17-9-10/h1-4,6,8-9,14H,5,7H2. The molecule has 0 saturated heterocycles. The average Bonchev–Trinajstić information content (AvgIpc) is 2.82. The predicted molar refractivity (Wildman–Crippen MR) is 69.1 cm³/mol. The van der Waals surface area contributed by atoms with Gasteiger partial charge in [-0.3, -0.25) is 0 Å². The van der Waals surface area contributed by atoms with Crippen molar-refractivity contribution in [2.75, 3.05) is 6.54 Å². The van der Waals surface area contributed by atoms with Crippen LogP contribution in [0.4, 0.5) is 0 Å². The van der Waals surface area contributed by atoms with E-state index in [1.54, 1.807) is 36.8 Å². The SMILES string of the molecule is O=S(=O)(NCCc1ccoc1)c1ccccc1Cl. The van der Waals surface area contributed by atoms with Crippen molar-refractivity contribution in [2.24, 2.45) is 0 Å². The summed E-state index contributed by atoms with van der Waals surface area (Å²) in [6, 6.07) is 8.14. The zero-order chi connectivity index (χ0) is 13.0. The smallest absolute Gasteiger partial charge is 0.242 e. The number of furan rings is 1. The van der Waals surface area contributed by atoms with Crippen LogP contribution in [0, 0.1) is 0 Å². The van der Waals surface area contributed by atoms with Gasteiger partial charge in [0.15, 0.2) is 0 Å². The van der Waals surface area contributed by atoms with Crippen molar-refractivity contribution >= 4 is 21.6 Å². The van der Waals surface area contributed by atoms with Gasteiger partial charge in [-0.2, -0.15) is 0 Å². The van der Waals surface area contributed by atoms with Gasteiger partial charge in [0.05, 0.1) is 17.5 Å². The Morgan fingerprint density at radius 1 is 1.22 bits per heavy atom. The first-order valence-corrected chi connectivity index (χ1v) is 7.21. The number of hydrogen-bond acceptors (Lipinski definition) is 3. The number of hydrogen-bond donors (Lipinski definition) is 1. The van der Waals surface area contributed by atoms with Gasteiger partial charge in [-0.05, 0) is 30.2 Å². The Labute approximate surface area is 111 Å². The van der Waals surface area contributed by atoms with E-state index in [4.69, 9.17) is 16.0 Å². The molecule has 0 saturated carbocycles. The van der Waals surface area contributed by atoms with Crippen molar-refractivity contribution in [2.45, 2.75) is 11.3 Å². The molecule has 2 aromatic rings. The molecule has 0 aliphatic heterocycles. The molecule has 2 rings (SSSR count). The van der Waals surface area contributed by atoms with Gasteiger partial charge in [0, 0.05) is 6.54 Å². The Balaban J connectivity index is 2.02. The third kappa shape index (κ3) is 3.13. The normalized spacial score (nSPS) is 11.6. The number of halogens is 1. The summed E-state index contributed by atoms with van der Waals surface area (Å²) in [6.07, 6.45) is 3.71. The first-order chi connectivity index (χ1) is 8.59. The molecule has 1 aromatic carbocycles. The Kier molecular flexibility index (Phi) is 4.06. The second kappa shape index (κ2) is 5.56. The maximum Gasteiger partial charge on any atom is 0.242 e. The molecular weight excluding hydrogens is 274 g/mol.